The number of anilines is 1. The fourth-order valence-electron chi connectivity index (χ4n) is 5.16. The van der Waals surface area contributed by atoms with Gasteiger partial charge in [-0.1, -0.05) is 42.5 Å². The highest BCUT2D eigenvalue weighted by molar-refractivity contribution is 6.04. The van der Waals surface area contributed by atoms with Gasteiger partial charge in [0.2, 0.25) is 0 Å². The van der Waals surface area contributed by atoms with Crippen LogP contribution in [-0.2, 0) is 6.42 Å². The third-order valence-electron chi connectivity index (χ3n) is 7.24. The smallest absolute Gasteiger partial charge is 0.274 e. The number of amides is 1. The number of carbonyl (C=O) groups excluding carboxylic acids is 3. The number of hydrogen-bond donors (Lipinski definition) is 1. The summed E-state index contributed by atoms with van der Waals surface area (Å²) in [6.07, 6.45) is 6.69. The van der Waals surface area contributed by atoms with E-state index in [2.05, 4.69) is 40.6 Å². The molecule has 0 bridgehead atoms. The average Bonchev–Trinajstić information content (AvgIpc) is 3.40. The van der Waals surface area contributed by atoms with Gasteiger partial charge in [0.05, 0.1) is 25.3 Å². The number of ether oxygens (including phenoxy) is 2. The summed E-state index contributed by atoms with van der Waals surface area (Å²) >= 11 is 0. The number of nitrogens with one attached hydrogen (secondary N) is 1. The Bertz CT molecular complexity index is 1670. The van der Waals surface area contributed by atoms with Crippen LogP contribution in [-0.4, -0.2) is 37.7 Å². The highest BCUT2D eigenvalue weighted by atomic mass is 16.5. The minimum absolute atomic E-state index is 0.153. The summed E-state index contributed by atoms with van der Waals surface area (Å²) in [7, 11) is 3.00. The van der Waals surface area contributed by atoms with E-state index in [0.717, 1.165) is 41.4 Å². The van der Waals surface area contributed by atoms with E-state index in [1.807, 2.05) is 31.2 Å². The topological polar surface area (TPSA) is 94.6 Å². The van der Waals surface area contributed by atoms with Crippen LogP contribution in [0.5, 0.6) is 11.5 Å². The number of rotatable bonds is 8. The first-order valence-electron chi connectivity index (χ1n) is 12.8. The number of pyridine rings is 1. The van der Waals surface area contributed by atoms with Crippen LogP contribution in [0.4, 0.5) is 5.69 Å². The number of benzene rings is 3. The minimum atomic E-state index is -0.393. The molecule has 1 amide bonds. The molecule has 7 nitrogen and oxygen atoms in total. The number of nitrogens with zero attached hydrogens (tertiary/aromatic N) is 1. The van der Waals surface area contributed by atoms with Crippen molar-refractivity contribution in [3.63, 3.8) is 0 Å². The van der Waals surface area contributed by atoms with Gasteiger partial charge in [-0.3, -0.25) is 19.4 Å². The van der Waals surface area contributed by atoms with E-state index >= 15 is 0 Å². The van der Waals surface area contributed by atoms with Crippen LogP contribution in [0.25, 0.3) is 22.8 Å². The molecule has 1 aliphatic carbocycles. The Labute approximate surface area is 232 Å². The Kier molecular flexibility index (Phi) is 7.55. The van der Waals surface area contributed by atoms with Crippen molar-refractivity contribution in [1.82, 2.24) is 4.98 Å². The molecule has 0 unspecified atom stereocenters. The van der Waals surface area contributed by atoms with E-state index < -0.39 is 5.91 Å². The van der Waals surface area contributed by atoms with E-state index in [9.17, 15) is 14.4 Å². The van der Waals surface area contributed by atoms with Gasteiger partial charge < -0.3 is 14.8 Å². The maximum absolute atomic E-state index is 13.0. The van der Waals surface area contributed by atoms with E-state index in [1.165, 1.54) is 36.1 Å². The van der Waals surface area contributed by atoms with Gasteiger partial charge in [-0.15, -0.1) is 0 Å². The Hall–Kier alpha value is -5.04. The summed E-state index contributed by atoms with van der Waals surface area (Å²) < 4.78 is 10.6. The summed E-state index contributed by atoms with van der Waals surface area (Å²) in [5.41, 5.74) is 9.37. The van der Waals surface area contributed by atoms with Gasteiger partial charge >= 0.3 is 0 Å². The average molecular weight is 533 g/mol. The monoisotopic (exact) mass is 532 g/mol. The number of fused-ring (bicyclic) bond motifs is 1. The molecule has 4 aromatic rings. The van der Waals surface area contributed by atoms with Crippen molar-refractivity contribution in [3.8, 4) is 22.6 Å². The molecule has 3 aromatic carbocycles. The summed E-state index contributed by atoms with van der Waals surface area (Å²) in [6, 6.07) is 19.2. The number of allylic oxidation sites excluding steroid dienone is 1. The Balaban J connectivity index is 1.46. The summed E-state index contributed by atoms with van der Waals surface area (Å²) in [4.78, 5) is 39.6. The number of aldehydes is 2. The molecule has 0 fully saturated rings. The zero-order valence-electron chi connectivity index (χ0n) is 22.5. The molecule has 7 heteroatoms. The molecule has 1 aliphatic rings. The van der Waals surface area contributed by atoms with E-state index in [1.54, 1.807) is 13.2 Å². The van der Waals surface area contributed by atoms with Gasteiger partial charge in [0.1, 0.15) is 17.2 Å². The molecule has 5 rings (SSSR count). The molecular weight excluding hydrogens is 504 g/mol. The van der Waals surface area contributed by atoms with Crippen molar-refractivity contribution in [2.75, 3.05) is 19.5 Å². The van der Waals surface area contributed by atoms with E-state index in [-0.39, 0.29) is 11.3 Å². The highest BCUT2D eigenvalue weighted by Gasteiger charge is 2.22. The lowest BCUT2D eigenvalue weighted by Gasteiger charge is -2.15. The summed E-state index contributed by atoms with van der Waals surface area (Å²) in [5, 5.41) is 2.96. The zero-order chi connectivity index (χ0) is 28.2. The first-order chi connectivity index (χ1) is 19.5. The van der Waals surface area contributed by atoms with Gasteiger partial charge in [-0.05, 0) is 76.9 Å². The van der Waals surface area contributed by atoms with Crippen LogP contribution in [0.1, 0.15) is 59.9 Å². The van der Waals surface area contributed by atoms with Crippen molar-refractivity contribution in [3.05, 3.63) is 106 Å². The second kappa shape index (κ2) is 11.4. The van der Waals surface area contributed by atoms with Gasteiger partial charge in [0.25, 0.3) is 5.91 Å². The highest BCUT2D eigenvalue weighted by Crippen LogP contribution is 2.41. The molecule has 0 radical (unpaired) electrons. The standard InChI is InChI=1S/C33H28N2O5/c1-20-25(6-5-9-29(20)35-33(38)30-16-32(40-3)24(19-37)17-34-30)27-8-4-7-26-22(12-13-28(26)27)14-21-10-11-23(18-36)31(15-21)39-2/h4-11,14-19H,12-13H2,1-3H3,(H,35,38)/b22-14+. The molecule has 1 heterocycles. The molecule has 0 atom stereocenters. The van der Waals surface area contributed by atoms with Crippen molar-refractivity contribution in [1.29, 1.82) is 0 Å². The molecule has 0 aliphatic heterocycles. The van der Waals surface area contributed by atoms with Gasteiger partial charge in [0, 0.05) is 18.0 Å². The minimum Gasteiger partial charge on any atom is -0.496 e. The first-order valence-corrected chi connectivity index (χ1v) is 12.8. The molecule has 0 spiro atoms. The van der Waals surface area contributed by atoms with Crippen LogP contribution < -0.4 is 14.8 Å². The van der Waals surface area contributed by atoms with Crippen LogP contribution in [0.15, 0.2) is 66.9 Å². The third kappa shape index (κ3) is 5.01. The Morgan fingerprint density at radius 1 is 0.850 bits per heavy atom. The summed E-state index contributed by atoms with van der Waals surface area (Å²) in [6.45, 7) is 1.99. The number of hydrogen-bond acceptors (Lipinski definition) is 6. The maximum Gasteiger partial charge on any atom is 0.274 e. The molecule has 0 saturated carbocycles. The normalized spacial score (nSPS) is 13.0. The van der Waals surface area contributed by atoms with Crippen molar-refractivity contribution in [2.24, 2.45) is 0 Å². The molecular formula is C33H28N2O5. The lowest BCUT2D eigenvalue weighted by atomic mass is 9.92. The number of carbonyl (C=O) groups is 3. The van der Waals surface area contributed by atoms with E-state index in [0.29, 0.717) is 29.0 Å². The molecule has 0 saturated heterocycles. The number of methoxy groups -OCH3 is 2. The second-order valence-corrected chi connectivity index (χ2v) is 9.48. The zero-order valence-corrected chi connectivity index (χ0v) is 22.5. The van der Waals surface area contributed by atoms with Crippen LogP contribution in [0, 0.1) is 6.92 Å². The van der Waals surface area contributed by atoms with E-state index in [4.69, 9.17) is 9.47 Å². The van der Waals surface area contributed by atoms with Gasteiger partial charge in [-0.2, -0.15) is 0 Å². The fraction of sp³-hybridized carbons (Fsp3) is 0.152. The predicted octanol–water partition coefficient (Wildman–Crippen LogP) is 6.44. The molecule has 40 heavy (non-hydrogen) atoms. The first kappa shape index (κ1) is 26.6. The lowest BCUT2D eigenvalue weighted by Crippen LogP contribution is -2.15. The molecule has 1 N–H and O–H groups in total. The van der Waals surface area contributed by atoms with Crippen LogP contribution in [0.2, 0.25) is 0 Å². The quantitative estimate of drug-likeness (QED) is 0.263. The Morgan fingerprint density at radius 3 is 2.30 bits per heavy atom. The van der Waals surface area contributed by atoms with Gasteiger partial charge in [0.15, 0.2) is 12.6 Å². The second-order valence-electron chi connectivity index (χ2n) is 9.48. The number of aromatic nitrogens is 1. The van der Waals surface area contributed by atoms with Gasteiger partial charge in [-0.25, -0.2) is 0 Å². The fourth-order valence-corrected chi connectivity index (χ4v) is 5.16. The Morgan fingerprint density at radius 2 is 1.55 bits per heavy atom. The van der Waals surface area contributed by atoms with Crippen LogP contribution in [0.3, 0.4) is 0 Å². The largest absolute Gasteiger partial charge is 0.496 e. The van der Waals surface area contributed by atoms with Crippen molar-refractivity contribution in [2.45, 2.75) is 19.8 Å². The van der Waals surface area contributed by atoms with Crippen molar-refractivity contribution < 1.29 is 23.9 Å². The molecule has 1 aromatic heterocycles. The summed E-state index contributed by atoms with van der Waals surface area (Å²) in [5.74, 6) is 0.456. The lowest BCUT2D eigenvalue weighted by molar-refractivity contribution is 0.101. The van der Waals surface area contributed by atoms with Crippen molar-refractivity contribution >= 4 is 35.8 Å². The van der Waals surface area contributed by atoms with Crippen LogP contribution >= 0.6 is 0 Å². The maximum atomic E-state index is 13.0. The third-order valence-corrected chi connectivity index (χ3v) is 7.24. The SMILES string of the molecule is COc1cc(/C=C2\CCc3c2cccc3-c2cccc(NC(=O)c3cc(OC)c(C=O)cn3)c2C)ccc1C=O. The molecule has 200 valence electrons. The predicted molar refractivity (Wildman–Crippen MR) is 155 cm³/mol.